The number of H-pyrrole nitrogens is 1. The molecule has 1 amide bonds. The summed E-state index contributed by atoms with van der Waals surface area (Å²) in [6.45, 7) is 5.81. The average molecular weight is 480 g/mol. The third-order valence-electron chi connectivity index (χ3n) is 6.25. The van der Waals surface area contributed by atoms with Gasteiger partial charge in [0.1, 0.15) is 5.75 Å². The summed E-state index contributed by atoms with van der Waals surface area (Å²) in [5.41, 5.74) is 3.36. The number of benzene rings is 2. The van der Waals surface area contributed by atoms with E-state index in [0.29, 0.717) is 30.9 Å². The first kappa shape index (κ1) is 24.0. The number of anilines is 1. The molecule has 1 aliphatic heterocycles. The van der Waals surface area contributed by atoms with Crippen molar-refractivity contribution in [1.82, 2.24) is 19.7 Å². The first-order chi connectivity index (χ1) is 16.6. The van der Waals surface area contributed by atoms with Crippen LogP contribution in [0.5, 0.6) is 5.75 Å². The maximum atomic E-state index is 13.0. The molecule has 0 aliphatic carbocycles. The summed E-state index contributed by atoms with van der Waals surface area (Å²) in [4.78, 5) is 17.3. The molecule has 2 aromatic carbocycles. The lowest BCUT2D eigenvalue weighted by Gasteiger charge is -2.31. The molecule has 0 radical (unpaired) electrons. The van der Waals surface area contributed by atoms with E-state index in [1.165, 1.54) is 30.5 Å². The van der Waals surface area contributed by atoms with Crippen LogP contribution >= 0.6 is 12.2 Å². The number of carbonyl (C=O) groups excluding carboxylic acids is 1. The highest BCUT2D eigenvalue weighted by atomic mass is 32.1. The fourth-order valence-corrected chi connectivity index (χ4v) is 4.67. The van der Waals surface area contributed by atoms with Gasteiger partial charge in [-0.1, -0.05) is 18.2 Å². The van der Waals surface area contributed by atoms with Crippen molar-refractivity contribution in [2.45, 2.75) is 45.7 Å². The molecular weight excluding hydrogens is 446 g/mol. The monoisotopic (exact) mass is 479 g/mol. The second kappa shape index (κ2) is 11.3. The Morgan fingerprint density at radius 1 is 1.12 bits per heavy atom. The van der Waals surface area contributed by atoms with Gasteiger partial charge in [-0.3, -0.25) is 14.5 Å². The Bertz CT molecular complexity index is 1150. The number of para-hydroxylation sites is 1. The molecule has 1 saturated heterocycles. The molecule has 0 saturated carbocycles. The molecule has 0 spiro atoms. The minimum Gasteiger partial charge on any atom is -0.494 e. The number of nitrogens with one attached hydrogen (secondary N) is 1. The molecule has 1 N–H and O–H groups in total. The van der Waals surface area contributed by atoms with Crippen molar-refractivity contribution in [2.24, 2.45) is 0 Å². The molecule has 8 heteroatoms. The average Bonchev–Trinajstić information content (AvgIpc) is 3.24. The van der Waals surface area contributed by atoms with E-state index in [2.05, 4.69) is 39.4 Å². The van der Waals surface area contributed by atoms with Crippen LogP contribution in [0.2, 0.25) is 0 Å². The van der Waals surface area contributed by atoms with Crippen molar-refractivity contribution in [3.05, 3.63) is 58.9 Å². The lowest BCUT2D eigenvalue weighted by molar-refractivity contribution is -0.130. The number of nitrogens with zero attached hydrogens (tertiary/aromatic N) is 4. The van der Waals surface area contributed by atoms with E-state index < -0.39 is 0 Å². The predicted octanol–water partition coefficient (Wildman–Crippen LogP) is 5.05. The van der Waals surface area contributed by atoms with Crippen LogP contribution in [0.25, 0.3) is 11.4 Å². The zero-order chi connectivity index (χ0) is 23.9. The number of amides is 1. The molecule has 0 unspecified atom stereocenters. The number of carbonyl (C=O) groups is 1. The molecular formula is C26H33N5O2S. The van der Waals surface area contributed by atoms with Gasteiger partial charge in [0.2, 0.25) is 5.91 Å². The van der Waals surface area contributed by atoms with E-state index in [1.807, 2.05) is 47.7 Å². The van der Waals surface area contributed by atoms with Gasteiger partial charge in [-0.2, -0.15) is 5.10 Å². The summed E-state index contributed by atoms with van der Waals surface area (Å²) >= 11 is 5.44. The minimum absolute atomic E-state index is 0.0780. The van der Waals surface area contributed by atoms with E-state index in [1.54, 1.807) is 0 Å². The number of rotatable bonds is 9. The highest BCUT2D eigenvalue weighted by Crippen LogP contribution is 2.25. The predicted molar refractivity (Wildman–Crippen MR) is 138 cm³/mol. The standard InChI is InChI=1S/C26H33N5O2S/c1-3-33-22-13-11-20(12-14-22)25-27-28-26(34)31(25)18-15-24(32)29(2)19-21-9-5-6-10-23(21)30-16-7-4-8-17-30/h5-6,9-14H,3-4,7-8,15-19H2,1-2H3,(H,28,34). The topological polar surface area (TPSA) is 66.4 Å². The fraction of sp³-hybridized carbons (Fsp3) is 0.423. The number of aromatic nitrogens is 3. The number of hydrogen-bond donors (Lipinski definition) is 1. The molecule has 0 bridgehead atoms. The minimum atomic E-state index is 0.0780. The Morgan fingerprint density at radius 3 is 2.59 bits per heavy atom. The van der Waals surface area contributed by atoms with Crippen molar-refractivity contribution in [1.29, 1.82) is 0 Å². The normalized spacial score (nSPS) is 13.6. The van der Waals surface area contributed by atoms with Crippen LogP contribution in [-0.2, 0) is 17.9 Å². The van der Waals surface area contributed by atoms with Gasteiger partial charge in [-0.05, 0) is 74.3 Å². The Morgan fingerprint density at radius 2 is 1.85 bits per heavy atom. The van der Waals surface area contributed by atoms with Gasteiger partial charge < -0.3 is 14.5 Å². The Kier molecular flexibility index (Phi) is 8.00. The van der Waals surface area contributed by atoms with E-state index in [-0.39, 0.29) is 5.91 Å². The lowest BCUT2D eigenvalue weighted by atomic mass is 10.1. The maximum Gasteiger partial charge on any atom is 0.224 e. The second-order valence-electron chi connectivity index (χ2n) is 8.64. The summed E-state index contributed by atoms with van der Waals surface area (Å²) < 4.78 is 7.92. The zero-order valence-electron chi connectivity index (χ0n) is 20.0. The number of ether oxygens (including phenoxy) is 1. The molecule has 7 nitrogen and oxygen atoms in total. The van der Waals surface area contributed by atoms with Gasteiger partial charge in [-0.25, -0.2) is 0 Å². The van der Waals surface area contributed by atoms with Crippen LogP contribution in [0.3, 0.4) is 0 Å². The van der Waals surface area contributed by atoms with Gasteiger partial charge in [0.05, 0.1) is 6.61 Å². The Labute approximate surface area is 206 Å². The van der Waals surface area contributed by atoms with Gasteiger partial charge in [0.15, 0.2) is 10.6 Å². The number of piperidine rings is 1. The Balaban J connectivity index is 1.41. The van der Waals surface area contributed by atoms with Gasteiger partial charge in [-0.15, -0.1) is 0 Å². The molecule has 1 aliphatic rings. The van der Waals surface area contributed by atoms with Crippen molar-refractivity contribution >= 4 is 23.8 Å². The van der Waals surface area contributed by atoms with Crippen LogP contribution < -0.4 is 9.64 Å². The Hall–Kier alpha value is -3.13. The van der Waals surface area contributed by atoms with Crippen LogP contribution in [0.4, 0.5) is 5.69 Å². The zero-order valence-corrected chi connectivity index (χ0v) is 20.8. The summed E-state index contributed by atoms with van der Waals surface area (Å²) in [5, 5.41) is 7.26. The fourth-order valence-electron chi connectivity index (χ4n) is 4.44. The molecule has 3 aromatic rings. The van der Waals surface area contributed by atoms with E-state index in [0.717, 1.165) is 30.2 Å². The van der Waals surface area contributed by atoms with Gasteiger partial charge in [0.25, 0.3) is 0 Å². The lowest BCUT2D eigenvalue weighted by Crippen LogP contribution is -2.32. The van der Waals surface area contributed by atoms with Crippen LogP contribution in [-0.4, -0.2) is 52.3 Å². The van der Waals surface area contributed by atoms with Gasteiger partial charge >= 0.3 is 0 Å². The summed E-state index contributed by atoms with van der Waals surface area (Å²) in [5.74, 6) is 1.61. The summed E-state index contributed by atoms with van der Waals surface area (Å²) in [7, 11) is 1.87. The molecule has 180 valence electrons. The maximum absolute atomic E-state index is 13.0. The van der Waals surface area contributed by atoms with E-state index in [4.69, 9.17) is 17.0 Å². The SMILES string of the molecule is CCOc1ccc(-c2n[nH]c(=S)n2CCC(=O)N(C)Cc2ccccc2N2CCCCC2)cc1. The second-order valence-corrected chi connectivity index (χ2v) is 9.02. The van der Waals surface area contributed by atoms with Crippen molar-refractivity contribution in [3.8, 4) is 17.1 Å². The highest BCUT2D eigenvalue weighted by Gasteiger charge is 2.18. The van der Waals surface area contributed by atoms with Crippen molar-refractivity contribution < 1.29 is 9.53 Å². The molecule has 1 fully saturated rings. The van der Waals surface area contributed by atoms with Gasteiger partial charge in [0, 0.05) is 50.9 Å². The van der Waals surface area contributed by atoms with E-state index >= 15 is 0 Å². The third-order valence-corrected chi connectivity index (χ3v) is 6.56. The summed E-state index contributed by atoms with van der Waals surface area (Å²) in [6.07, 6.45) is 4.10. The van der Waals surface area contributed by atoms with E-state index in [9.17, 15) is 4.79 Å². The van der Waals surface area contributed by atoms with Crippen molar-refractivity contribution in [2.75, 3.05) is 31.6 Å². The molecule has 0 atom stereocenters. The highest BCUT2D eigenvalue weighted by molar-refractivity contribution is 7.71. The molecule has 34 heavy (non-hydrogen) atoms. The quantitative estimate of drug-likeness (QED) is 0.435. The van der Waals surface area contributed by atoms with Crippen LogP contribution in [0, 0.1) is 4.77 Å². The van der Waals surface area contributed by atoms with Crippen LogP contribution in [0.1, 0.15) is 38.2 Å². The molecule has 4 rings (SSSR count). The largest absolute Gasteiger partial charge is 0.494 e. The van der Waals surface area contributed by atoms with Crippen LogP contribution in [0.15, 0.2) is 48.5 Å². The number of aromatic amines is 1. The smallest absolute Gasteiger partial charge is 0.224 e. The summed E-state index contributed by atoms with van der Waals surface area (Å²) in [6, 6.07) is 16.2. The van der Waals surface area contributed by atoms with Crippen molar-refractivity contribution in [3.63, 3.8) is 0 Å². The molecule has 2 heterocycles. The first-order valence-electron chi connectivity index (χ1n) is 12.0. The molecule has 1 aromatic heterocycles. The first-order valence-corrected chi connectivity index (χ1v) is 12.4. The number of hydrogen-bond acceptors (Lipinski definition) is 5. The third kappa shape index (κ3) is 5.67.